The van der Waals surface area contributed by atoms with Crippen molar-refractivity contribution in [3.05, 3.63) is 53.1 Å². The van der Waals surface area contributed by atoms with Gasteiger partial charge in [-0.25, -0.2) is 0 Å². The van der Waals surface area contributed by atoms with Gasteiger partial charge < -0.3 is 14.8 Å². The van der Waals surface area contributed by atoms with Crippen LogP contribution in [0, 0.1) is 0 Å². The van der Waals surface area contributed by atoms with E-state index in [9.17, 15) is 18.4 Å². The van der Waals surface area contributed by atoms with Crippen molar-refractivity contribution in [1.29, 1.82) is 0 Å². The van der Waals surface area contributed by atoms with Gasteiger partial charge in [-0.1, -0.05) is 11.6 Å². The van der Waals surface area contributed by atoms with Crippen molar-refractivity contribution >= 4 is 29.0 Å². The number of Topliss-reactive ketones (excluding diaryl/α,β-unsaturated/α-hetero) is 1. The zero-order chi connectivity index (χ0) is 18.4. The van der Waals surface area contributed by atoms with Gasteiger partial charge in [-0.05, 0) is 49.4 Å². The van der Waals surface area contributed by atoms with E-state index in [2.05, 4.69) is 10.1 Å². The van der Waals surface area contributed by atoms with Crippen LogP contribution >= 0.6 is 11.6 Å². The van der Waals surface area contributed by atoms with E-state index >= 15 is 0 Å². The van der Waals surface area contributed by atoms with E-state index in [-0.39, 0.29) is 23.2 Å². The second-order valence-corrected chi connectivity index (χ2v) is 5.35. The molecule has 0 aliphatic rings. The maximum Gasteiger partial charge on any atom is 0.387 e. The van der Waals surface area contributed by atoms with Gasteiger partial charge in [0.05, 0.1) is 5.02 Å². The highest BCUT2D eigenvalue weighted by Gasteiger charge is 2.11. The van der Waals surface area contributed by atoms with E-state index in [0.29, 0.717) is 17.0 Å². The summed E-state index contributed by atoms with van der Waals surface area (Å²) in [5.74, 6) is -0.287. The Morgan fingerprint density at radius 2 is 1.84 bits per heavy atom. The van der Waals surface area contributed by atoms with Crippen molar-refractivity contribution in [2.24, 2.45) is 0 Å². The average Bonchev–Trinajstić information content (AvgIpc) is 2.55. The molecule has 25 heavy (non-hydrogen) atoms. The lowest BCUT2D eigenvalue weighted by Gasteiger charge is -2.10. The molecule has 8 heteroatoms. The monoisotopic (exact) mass is 369 g/mol. The number of alkyl halides is 2. The summed E-state index contributed by atoms with van der Waals surface area (Å²) in [5, 5.41) is 2.46. The van der Waals surface area contributed by atoms with Gasteiger partial charge >= 0.3 is 6.61 Å². The Morgan fingerprint density at radius 3 is 2.40 bits per heavy atom. The first-order valence-corrected chi connectivity index (χ1v) is 7.51. The second kappa shape index (κ2) is 8.43. The number of hydrogen-bond donors (Lipinski definition) is 1. The van der Waals surface area contributed by atoms with E-state index < -0.39 is 12.5 Å². The molecule has 0 atom stereocenters. The number of carbonyl (C=O) groups is 2. The quantitative estimate of drug-likeness (QED) is 0.744. The minimum Gasteiger partial charge on any atom is -0.484 e. The Morgan fingerprint density at radius 1 is 1.16 bits per heavy atom. The highest BCUT2D eigenvalue weighted by Crippen LogP contribution is 2.28. The Kier molecular flexibility index (Phi) is 6.30. The van der Waals surface area contributed by atoms with Crippen LogP contribution < -0.4 is 14.8 Å². The van der Waals surface area contributed by atoms with Crippen LogP contribution in [0.5, 0.6) is 11.5 Å². The number of hydrogen-bond acceptors (Lipinski definition) is 4. The lowest BCUT2D eigenvalue weighted by atomic mass is 10.1. The van der Waals surface area contributed by atoms with Crippen LogP contribution in [-0.4, -0.2) is 24.9 Å². The van der Waals surface area contributed by atoms with Crippen LogP contribution in [0.2, 0.25) is 5.02 Å². The highest BCUT2D eigenvalue weighted by atomic mass is 35.5. The van der Waals surface area contributed by atoms with Gasteiger partial charge in [0, 0.05) is 11.3 Å². The molecule has 2 aromatic carbocycles. The number of amides is 1. The molecule has 2 rings (SSSR count). The number of benzene rings is 2. The number of carbonyl (C=O) groups excluding carboxylic acids is 2. The average molecular weight is 370 g/mol. The number of anilines is 1. The maximum atomic E-state index is 12.2. The van der Waals surface area contributed by atoms with Crippen molar-refractivity contribution in [1.82, 2.24) is 0 Å². The van der Waals surface area contributed by atoms with Crippen LogP contribution in [0.3, 0.4) is 0 Å². The third-order valence-electron chi connectivity index (χ3n) is 3.06. The molecule has 0 bridgehead atoms. The summed E-state index contributed by atoms with van der Waals surface area (Å²) in [4.78, 5) is 23.0. The third-order valence-corrected chi connectivity index (χ3v) is 3.36. The van der Waals surface area contributed by atoms with Gasteiger partial charge in [-0.15, -0.1) is 0 Å². The minimum atomic E-state index is -2.99. The van der Waals surface area contributed by atoms with Gasteiger partial charge in [0.25, 0.3) is 5.91 Å². The van der Waals surface area contributed by atoms with Crippen LogP contribution in [0.1, 0.15) is 17.3 Å². The van der Waals surface area contributed by atoms with Crippen molar-refractivity contribution < 1.29 is 27.8 Å². The summed E-state index contributed by atoms with van der Waals surface area (Å²) in [7, 11) is 0. The molecule has 0 heterocycles. The maximum absolute atomic E-state index is 12.2. The molecule has 2 aromatic rings. The number of ketones is 1. The van der Waals surface area contributed by atoms with Crippen molar-refractivity contribution in [2.45, 2.75) is 13.5 Å². The Balaban J connectivity index is 1.89. The van der Waals surface area contributed by atoms with Crippen molar-refractivity contribution in [3.63, 3.8) is 0 Å². The summed E-state index contributed by atoms with van der Waals surface area (Å²) in [6, 6.07) is 10.2. The van der Waals surface area contributed by atoms with Crippen molar-refractivity contribution in [3.8, 4) is 11.5 Å². The van der Waals surface area contributed by atoms with E-state index in [1.54, 1.807) is 24.3 Å². The summed E-state index contributed by atoms with van der Waals surface area (Å²) in [6.45, 7) is -1.81. The van der Waals surface area contributed by atoms with Crippen LogP contribution in [0.25, 0.3) is 0 Å². The molecule has 1 N–H and O–H groups in total. The van der Waals surface area contributed by atoms with Crippen LogP contribution in [0.4, 0.5) is 14.5 Å². The third kappa shape index (κ3) is 5.72. The zero-order valence-electron chi connectivity index (χ0n) is 13.1. The number of halogens is 3. The summed E-state index contributed by atoms with van der Waals surface area (Å²) in [6.07, 6.45) is 0. The Bertz CT molecular complexity index is 766. The molecule has 0 saturated heterocycles. The number of ether oxygens (including phenoxy) is 2. The van der Waals surface area contributed by atoms with Crippen LogP contribution in [0.15, 0.2) is 42.5 Å². The first-order valence-electron chi connectivity index (χ1n) is 7.13. The molecule has 0 radical (unpaired) electrons. The van der Waals surface area contributed by atoms with E-state index in [0.717, 1.165) is 0 Å². The Labute approximate surface area is 147 Å². The van der Waals surface area contributed by atoms with Crippen LogP contribution in [-0.2, 0) is 4.79 Å². The molecule has 0 saturated carbocycles. The molecule has 0 fully saturated rings. The first-order chi connectivity index (χ1) is 11.8. The van der Waals surface area contributed by atoms with Gasteiger partial charge in [-0.3, -0.25) is 9.59 Å². The predicted molar refractivity (Wildman–Crippen MR) is 88.7 cm³/mol. The molecular formula is C17H14ClF2NO4. The molecule has 0 spiro atoms. The minimum absolute atomic E-state index is 0.0566. The molecule has 132 valence electrons. The zero-order valence-corrected chi connectivity index (χ0v) is 13.8. The number of nitrogens with one attached hydrogen (secondary N) is 1. The predicted octanol–water partition coefficient (Wildman–Crippen LogP) is 4.16. The largest absolute Gasteiger partial charge is 0.484 e. The normalized spacial score (nSPS) is 10.4. The lowest BCUT2D eigenvalue weighted by Crippen LogP contribution is -2.20. The molecule has 0 unspecified atom stereocenters. The molecular weight excluding hydrogens is 356 g/mol. The van der Waals surface area contributed by atoms with Gasteiger partial charge in [0.1, 0.15) is 11.5 Å². The summed E-state index contributed by atoms with van der Waals surface area (Å²) >= 11 is 5.80. The molecule has 1 amide bonds. The first kappa shape index (κ1) is 18.7. The topological polar surface area (TPSA) is 64.6 Å². The van der Waals surface area contributed by atoms with E-state index in [4.69, 9.17) is 16.3 Å². The highest BCUT2D eigenvalue weighted by molar-refractivity contribution is 6.32. The fraction of sp³-hybridized carbons (Fsp3) is 0.176. The standard InChI is InChI=1S/C17H14ClF2NO4/c1-10(22)11-2-5-13(6-3-11)24-9-16(23)21-12-4-7-15(14(18)8-12)25-17(19)20/h2-8,17H,9H2,1H3,(H,21,23). The fourth-order valence-electron chi connectivity index (χ4n) is 1.90. The van der Waals surface area contributed by atoms with Gasteiger partial charge in [0.15, 0.2) is 12.4 Å². The van der Waals surface area contributed by atoms with E-state index in [1.165, 1.54) is 25.1 Å². The lowest BCUT2D eigenvalue weighted by molar-refractivity contribution is -0.118. The molecule has 0 aliphatic carbocycles. The molecule has 5 nitrogen and oxygen atoms in total. The second-order valence-electron chi connectivity index (χ2n) is 4.94. The summed E-state index contributed by atoms with van der Waals surface area (Å²) < 4.78 is 33.8. The van der Waals surface area contributed by atoms with Gasteiger partial charge in [0.2, 0.25) is 0 Å². The number of rotatable bonds is 7. The smallest absolute Gasteiger partial charge is 0.387 e. The van der Waals surface area contributed by atoms with E-state index in [1.807, 2.05) is 0 Å². The molecule has 0 aromatic heterocycles. The fourth-order valence-corrected chi connectivity index (χ4v) is 2.13. The SMILES string of the molecule is CC(=O)c1ccc(OCC(=O)Nc2ccc(OC(F)F)c(Cl)c2)cc1. The Hall–Kier alpha value is -2.67. The van der Waals surface area contributed by atoms with Gasteiger partial charge in [-0.2, -0.15) is 8.78 Å². The van der Waals surface area contributed by atoms with Crippen molar-refractivity contribution in [2.75, 3.05) is 11.9 Å². The molecule has 0 aliphatic heterocycles. The summed E-state index contributed by atoms with van der Waals surface area (Å²) in [5.41, 5.74) is 0.852.